The first-order valence-electron chi connectivity index (χ1n) is 4.61. The number of nitrogens with one attached hydrogen (secondary N) is 1. The molecule has 0 saturated carbocycles. The molecule has 1 amide bonds. The number of aliphatic hydroxyl groups excluding tert-OH is 2. The third-order valence-corrected chi connectivity index (χ3v) is 2.05. The van der Waals surface area contributed by atoms with E-state index in [9.17, 15) is 15.0 Å². The lowest BCUT2D eigenvalue weighted by Crippen LogP contribution is -2.51. The van der Waals surface area contributed by atoms with Gasteiger partial charge in [-0.05, 0) is 13.3 Å². The first kappa shape index (κ1) is 11.0. The molecule has 0 saturated heterocycles. The Morgan fingerprint density at radius 3 is 2.93 bits per heavy atom. The fourth-order valence-corrected chi connectivity index (χ4v) is 1.34. The molecular weight excluding hydrogens is 186 g/mol. The number of ether oxygens (including phenoxy) is 1. The van der Waals surface area contributed by atoms with Gasteiger partial charge in [-0.3, -0.25) is 0 Å². The van der Waals surface area contributed by atoms with Crippen molar-refractivity contribution < 1.29 is 19.7 Å². The van der Waals surface area contributed by atoms with Gasteiger partial charge < -0.3 is 20.3 Å². The van der Waals surface area contributed by atoms with Crippen molar-refractivity contribution >= 4 is 6.09 Å². The molecule has 0 aromatic rings. The molecule has 80 valence electrons. The third-order valence-electron chi connectivity index (χ3n) is 2.05. The van der Waals surface area contributed by atoms with Crippen molar-refractivity contribution in [3.05, 3.63) is 12.2 Å². The highest BCUT2D eigenvalue weighted by Crippen LogP contribution is 2.12. The van der Waals surface area contributed by atoms with E-state index < -0.39 is 24.3 Å². The fraction of sp³-hybridized carbons (Fsp3) is 0.667. The second-order valence-corrected chi connectivity index (χ2v) is 3.11. The van der Waals surface area contributed by atoms with Crippen molar-refractivity contribution in [3.63, 3.8) is 0 Å². The van der Waals surface area contributed by atoms with Crippen LogP contribution in [0.1, 0.15) is 13.3 Å². The molecule has 5 nitrogen and oxygen atoms in total. The topological polar surface area (TPSA) is 78.8 Å². The van der Waals surface area contributed by atoms with Gasteiger partial charge in [-0.25, -0.2) is 4.79 Å². The molecule has 0 bridgehead atoms. The van der Waals surface area contributed by atoms with Crippen LogP contribution >= 0.6 is 0 Å². The third kappa shape index (κ3) is 2.71. The van der Waals surface area contributed by atoms with E-state index in [2.05, 4.69) is 10.1 Å². The molecule has 0 aromatic heterocycles. The molecule has 1 aliphatic rings. The second kappa shape index (κ2) is 4.97. The van der Waals surface area contributed by atoms with Crippen LogP contribution in [0.5, 0.6) is 0 Å². The Kier molecular flexibility index (Phi) is 3.91. The highest BCUT2D eigenvalue weighted by Gasteiger charge is 2.29. The number of rotatable bonds is 2. The Bertz CT molecular complexity index is 229. The highest BCUT2D eigenvalue weighted by molar-refractivity contribution is 5.67. The van der Waals surface area contributed by atoms with E-state index in [1.807, 2.05) is 0 Å². The SMILES string of the molecule is CCOC(=O)N[C@@H]1[C@@H](O)C=CC[C@@H]1O. The maximum absolute atomic E-state index is 11.0. The number of carbonyl (C=O) groups is 1. The molecule has 5 heteroatoms. The molecule has 0 heterocycles. The van der Waals surface area contributed by atoms with Crippen LogP contribution in [0.3, 0.4) is 0 Å². The van der Waals surface area contributed by atoms with Gasteiger partial charge in [0.25, 0.3) is 0 Å². The minimum Gasteiger partial charge on any atom is -0.450 e. The molecular formula is C9H15NO4. The summed E-state index contributed by atoms with van der Waals surface area (Å²) in [5, 5.41) is 21.3. The first-order valence-corrected chi connectivity index (χ1v) is 4.61. The number of carbonyl (C=O) groups excluding carboxylic acids is 1. The molecule has 1 aliphatic carbocycles. The summed E-state index contributed by atoms with van der Waals surface area (Å²) in [4.78, 5) is 11.0. The zero-order valence-electron chi connectivity index (χ0n) is 8.01. The summed E-state index contributed by atoms with van der Waals surface area (Å²) in [6.45, 7) is 1.95. The molecule has 0 aliphatic heterocycles. The van der Waals surface area contributed by atoms with Gasteiger partial charge in [-0.2, -0.15) is 0 Å². The van der Waals surface area contributed by atoms with Crippen molar-refractivity contribution in [1.29, 1.82) is 0 Å². The van der Waals surface area contributed by atoms with Crippen LogP contribution in [0.25, 0.3) is 0 Å². The number of hydrogen-bond donors (Lipinski definition) is 3. The fourth-order valence-electron chi connectivity index (χ4n) is 1.34. The van der Waals surface area contributed by atoms with Crippen molar-refractivity contribution in [3.8, 4) is 0 Å². The van der Waals surface area contributed by atoms with Gasteiger partial charge >= 0.3 is 6.09 Å². The monoisotopic (exact) mass is 201 g/mol. The molecule has 0 spiro atoms. The second-order valence-electron chi connectivity index (χ2n) is 3.11. The highest BCUT2D eigenvalue weighted by atomic mass is 16.5. The zero-order valence-corrected chi connectivity index (χ0v) is 8.01. The summed E-state index contributed by atoms with van der Waals surface area (Å²) < 4.78 is 4.64. The summed E-state index contributed by atoms with van der Waals surface area (Å²) in [6, 6.07) is -0.681. The van der Waals surface area contributed by atoms with Crippen LogP contribution < -0.4 is 5.32 Å². The average molecular weight is 201 g/mol. The van der Waals surface area contributed by atoms with E-state index in [1.165, 1.54) is 0 Å². The quantitative estimate of drug-likeness (QED) is 0.540. The van der Waals surface area contributed by atoms with Crippen LogP contribution in [0.15, 0.2) is 12.2 Å². The minimum atomic E-state index is -0.858. The predicted octanol–water partition coefficient (Wildman–Crippen LogP) is -0.217. The Balaban J connectivity index is 2.49. The van der Waals surface area contributed by atoms with E-state index in [0.29, 0.717) is 6.42 Å². The zero-order chi connectivity index (χ0) is 10.6. The summed E-state index contributed by atoms with van der Waals surface area (Å²) in [6.07, 6.45) is 1.41. The minimum absolute atomic E-state index is 0.264. The summed E-state index contributed by atoms with van der Waals surface area (Å²) in [5.74, 6) is 0. The van der Waals surface area contributed by atoms with Crippen LogP contribution in [0, 0.1) is 0 Å². The molecule has 3 atom stereocenters. The number of alkyl carbamates (subject to hydrolysis) is 1. The maximum Gasteiger partial charge on any atom is 0.407 e. The van der Waals surface area contributed by atoms with Crippen LogP contribution in [-0.4, -0.2) is 41.2 Å². The number of aliphatic hydroxyl groups is 2. The summed E-state index contributed by atoms with van der Waals surface area (Å²) in [7, 11) is 0. The van der Waals surface area contributed by atoms with Crippen molar-refractivity contribution in [2.45, 2.75) is 31.6 Å². The van der Waals surface area contributed by atoms with Gasteiger partial charge in [-0.1, -0.05) is 12.2 Å². The number of amides is 1. The molecule has 14 heavy (non-hydrogen) atoms. The Morgan fingerprint density at radius 2 is 2.36 bits per heavy atom. The molecule has 0 unspecified atom stereocenters. The van der Waals surface area contributed by atoms with Crippen LogP contribution in [0.2, 0.25) is 0 Å². The van der Waals surface area contributed by atoms with Crippen molar-refractivity contribution in [1.82, 2.24) is 5.32 Å². The van der Waals surface area contributed by atoms with E-state index in [0.717, 1.165) is 0 Å². The summed E-state index contributed by atoms with van der Waals surface area (Å²) >= 11 is 0. The van der Waals surface area contributed by atoms with Gasteiger partial charge in [0.2, 0.25) is 0 Å². The standard InChI is InChI=1S/C9H15NO4/c1-2-14-9(13)10-8-6(11)4-3-5-7(8)12/h3-4,6-8,11-12H,2,5H2,1H3,(H,10,13)/t6-,7-,8+/m0/s1. The van der Waals surface area contributed by atoms with E-state index >= 15 is 0 Å². The predicted molar refractivity (Wildman–Crippen MR) is 49.7 cm³/mol. The van der Waals surface area contributed by atoms with Gasteiger partial charge in [0.05, 0.1) is 24.9 Å². The number of hydrogen-bond acceptors (Lipinski definition) is 4. The van der Waals surface area contributed by atoms with Gasteiger partial charge in [0.1, 0.15) is 0 Å². The summed E-state index contributed by atoms with van der Waals surface area (Å²) in [5.41, 5.74) is 0. The van der Waals surface area contributed by atoms with Crippen LogP contribution in [0.4, 0.5) is 4.79 Å². The van der Waals surface area contributed by atoms with Gasteiger partial charge in [0.15, 0.2) is 0 Å². The Morgan fingerprint density at radius 1 is 1.64 bits per heavy atom. The van der Waals surface area contributed by atoms with Crippen molar-refractivity contribution in [2.24, 2.45) is 0 Å². The normalized spacial score (nSPS) is 31.2. The smallest absolute Gasteiger partial charge is 0.407 e. The van der Waals surface area contributed by atoms with E-state index in [-0.39, 0.29) is 6.61 Å². The first-order chi connectivity index (χ1) is 6.65. The molecule has 0 aromatic carbocycles. The van der Waals surface area contributed by atoms with E-state index in [1.54, 1.807) is 19.1 Å². The van der Waals surface area contributed by atoms with Gasteiger partial charge in [0, 0.05) is 0 Å². The molecule has 0 radical (unpaired) electrons. The Labute approximate surface area is 82.4 Å². The average Bonchev–Trinajstić information content (AvgIpc) is 2.12. The molecule has 0 fully saturated rings. The molecule has 1 rings (SSSR count). The van der Waals surface area contributed by atoms with Crippen LogP contribution in [-0.2, 0) is 4.74 Å². The van der Waals surface area contributed by atoms with Gasteiger partial charge in [-0.15, -0.1) is 0 Å². The Hall–Kier alpha value is -1.07. The largest absolute Gasteiger partial charge is 0.450 e. The lowest BCUT2D eigenvalue weighted by atomic mass is 9.96. The van der Waals surface area contributed by atoms with Crippen molar-refractivity contribution in [2.75, 3.05) is 6.61 Å². The lowest BCUT2D eigenvalue weighted by Gasteiger charge is -2.28. The lowest BCUT2D eigenvalue weighted by molar-refractivity contribution is 0.0488. The van der Waals surface area contributed by atoms with E-state index in [4.69, 9.17) is 0 Å². The maximum atomic E-state index is 11.0. The molecule has 3 N–H and O–H groups in total.